The van der Waals surface area contributed by atoms with Gasteiger partial charge < -0.3 is 15.3 Å². The molecule has 0 aliphatic rings. The summed E-state index contributed by atoms with van der Waals surface area (Å²) >= 11 is 0. The maximum Gasteiger partial charge on any atom is 0.329 e. The Kier molecular flexibility index (Phi) is 5.07. The zero-order valence-corrected chi connectivity index (χ0v) is 12.3. The molecule has 6 nitrogen and oxygen atoms in total. The van der Waals surface area contributed by atoms with E-state index in [1.807, 2.05) is 13.8 Å². The molecule has 0 spiro atoms. The minimum absolute atomic E-state index is 0.139. The molecule has 0 radical (unpaired) electrons. The van der Waals surface area contributed by atoms with E-state index >= 15 is 0 Å². The minimum Gasteiger partial charge on any atom is -0.480 e. The highest BCUT2D eigenvalue weighted by Crippen LogP contribution is 2.21. The molecule has 0 bridgehead atoms. The van der Waals surface area contributed by atoms with Crippen LogP contribution in [0, 0.1) is 0 Å². The average Bonchev–Trinajstić information content (AvgIpc) is 2.44. The number of rotatable bonds is 6. The van der Waals surface area contributed by atoms with Gasteiger partial charge in [0, 0.05) is 20.3 Å². The molecule has 0 fully saturated rings. The van der Waals surface area contributed by atoms with Crippen LogP contribution in [0.1, 0.15) is 37.0 Å². The molecule has 0 saturated heterocycles. The molecule has 1 amide bonds. The molecule has 1 heterocycles. The van der Waals surface area contributed by atoms with E-state index in [4.69, 9.17) is 0 Å². The van der Waals surface area contributed by atoms with Crippen LogP contribution in [-0.2, 0) is 4.79 Å². The van der Waals surface area contributed by atoms with Gasteiger partial charge in [-0.1, -0.05) is 13.8 Å². The number of aliphatic carboxylic acids is 1. The highest BCUT2D eigenvalue weighted by atomic mass is 16.4. The third-order valence-corrected chi connectivity index (χ3v) is 3.40. The molecule has 20 heavy (non-hydrogen) atoms. The zero-order valence-electron chi connectivity index (χ0n) is 12.3. The van der Waals surface area contributed by atoms with Crippen molar-refractivity contribution < 1.29 is 14.7 Å². The van der Waals surface area contributed by atoms with Crippen LogP contribution in [0.2, 0.25) is 0 Å². The number of pyridine rings is 1. The molecule has 6 heteroatoms. The minimum atomic E-state index is -1.03. The summed E-state index contributed by atoms with van der Waals surface area (Å²) in [7, 11) is 3.33. The lowest BCUT2D eigenvalue weighted by Gasteiger charge is -2.28. The largest absolute Gasteiger partial charge is 0.480 e. The first-order valence-electron chi connectivity index (χ1n) is 6.55. The molecule has 0 aromatic carbocycles. The van der Waals surface area contributed by atoms with E-state index in [9.17, 15) is 14.7 Å². The van der Waals surface area contributed by atoms with Crippen LogP contribution in [0.5, 0.6) is 0 Å². The van der Waals surface area contributed by atoms with Crippen molar-refractivity contribution in [3.8, 4) is 0 Å². The Bertz CT molecular complexity index is 479. The van der Waals surface area contributed by atoms with Gasteiger partial charge >= 0.3 is 5.97 Å². The molecule has 0 unspecified atom stereocenters. The number of carboxylic acid groups (broad SMARTS) is 1. The highest BCUT2D eigenvalue weighted by molar-refractivity contribution is 5.93. The van der Waals surface area contributed by atoms with E-state index in [0.29, 0.717) is 24.2 Å². The van der Waals surface area contributed by atoms with Crippen LogP contribution in [0.3, 0.4) is 0 Å². The van der Waals surface area contributed by atoms with Crippen LogP contribution in [0.4, 0.5) is 5.82 Å². The Hall–Kier alpha value is -2.11. The predicted octanol–water partition coefficient (Wildman–Crippen LogP) is 1.84. The smallest absolute Gasteiger partial charge is 0.329 e. The third kappa shape index (κ3) is 3.26. The van der Waals surface area contributed by atoms with Crippen LogP contribution >= 0.6 is 0 Å². The summed E-state index contributed by atoms with van der Waals surface area (Å²) in [6.45, 7) is 3.63. The molecule has 1 aromatic heterocycles. The number of nitrogens with one attached hydrogen (secondary N) is 1. The summed E-state index contributed by atoms with van der Waals surface area (Å²) in [5.41, 5.74) is -0.561. The number of amides is 1. The van der Waals surface area contributed by atoms with Crippen LogP contribution in [0.25, 0.3) is 0 Å². The molecule has 2 N–H and O–H groups in total. The molecule has 0 aliphatic carbocycles. The van der Waals surface area contributed by atoms with Crippen LogP contribution in [0.15, 0.2) is 18.3 Å². The van der Waals surface area contributed by atoms with E-state index in [1.54, 1.807) is 26.2 Å². The first kappa shape index (κ1) is 15.9. The fourth-order valence-corrected chi connectivity index (χ4v) is 1.88. The Labute approximate surface area is 118 Å². The summed E-state index contributed by atoms with van der Waals surface area (Å²) in [4.78, 5) is 28.7. The number of carbonyl (C=O) groups is 2. The SMILES string of the molecule is CCC(CC)(Nc1ccc(C(=O)N(C)C)cn1)C(=O)O. The van der Waals surface area contributed by atoms with E-state index in [1.165, 1.54) is 11.1 Å². The van der Waals surface area contributed by atoms with Crippen molar-refractivity contribution in [1.29, 1.82) is 0 Å². The number of nitrogens with zero attached hydrogens (tertiary/aromatic N) is 2. The van der Waals surface area contributed by atoms with Gasteiger partial charge in [0.15, 0.2) is 0 Å². The monoisotopic (exact) mass is 279 g/mol. The van der Waals surface area contributed by atoms with Gasteiger partial charge in [-0.25, -0.2) is 9.78 Å². The number of aromatic nitrogens is 1. The first-order chi connectivity index (χ1) is 9.36. The quantitative estimate of drug-likeness (QED) is 0.830. The summed E-state index contributed by atoms with van der Waals surface area (Å²) in [6, 6.07) is 3.26. The van der Waals surface area contributed by atoms with Gasteiger partial charge in [-0.3, -0.25) is 4.79 Å². The van der Waals surface area contributed by atoms with Gasteiger partial charge in [0.05, 0.1) is 5.56 Å². The lowest BCUT2D eigenvalue weighted by molar-refractivity contribution is -0.142. The standard InChI is InChI=1S/C14H21N3O3/c1-5-14(6-2,13(19)20)16-11-8-7-10(9-15-11)12(18)17(3)4/h7-9H,5-6H2,1-4H3,(H,15,16)(H,19,20). The zero-order chi connectivity index (χ0) is 15.3. The van der Waals surface area contributed by atoms with Crippen molar-refractivity contribution in [2.24, 2.45) is 0 Å². The Balaban J connectivity index is 2.94. The lowest BCUT2D eigenvalue weighted by Crippen LogP contribution is -2.45. The molecule has 110 valence electrons. The number of hydrogen-bond donors (Lipinski definition) is 2. The van der Waals surface area contributed by atoms with Crippen molar-refractivity contribution >= 4 is 17.7 Å². The molecular weight excluding hydrogens is 258 g/mol. The lowest BCUT2D eigenvalue weighted by atomic mass is 9.93. The van der Waals surface area contributed by atoms with Gasteiger partial charge in [0.1, 0.15) is 11.4 Å². The molecular formula is C14H21N3O3. The third-order valence-electron chi connectivity index (χ3n) is 3.40. The van der Waals surface area contributed by atoms with Crippen molar-refractivity contribution in [3.63, 3.8) is 0 Å². The topological polar surface area (TPSA) is 82.5 Å². The molecule has 0 atom stereocenters. The summed E-state index contributed by atoms with van der Waals surface area (Å²) in [6.07, 6.45) is 2.33. The maximum atomic E-state index is 11.7. The average molecular weight is 279 g/mol. The molecule has 0 aliphatic heterocycles. The van der Waals surface area contributed by atoms with Crippen molar-refractivity contribution in [2.75, 3.05) is 19.4 Å². The van der Waals surface area contributed by atoms with E-state index in [-0.39, 0.29) is 5.91 Å². The maximum absolute atomic E-state index is 11.7. The number of hydrogen-bond acceptors (Lipinski definition) is 4. The van der Waals surface area contributed by atoms with Gasteiger partial charge in [0.2, 0.25) is 0 Å². The fourth-order valence-electron chi connectivity index (χ4n) is 1.88. The number of carboxylic acids is 1. The summed E-state index contributed by atoms with van der Waals surface area (Å²) in [5, 5.41) is 12.3. The fraction of sp³-hybridized carbons (Fsp3) is 0.500. The van der Waals surface area contributed by atoms with E-state index < -0.39 is 11.5 Å². The highest BCUT2D eigenvalue weighted by Gasteiger charge is 2.34. The summed E-state index contributed by atoms with van der Waals surface area (Å²) < 4.78 is 0. The second kappa shape index (κ2) is 6.36. The van der Waals surface area contributed by atoms with E-state index in [0.717, 1.165) is 0 Å². The summed E-state index contributed by atoms with van der Waals surface area (Å²) in [5.74, 6) is -0.594. The van der Waals surface area contributed by atoms with Crippen molar-refractivity contribution in [1.82, 2.24) is 9.88 Å². The second-order valence-electron chi connectivity index (χ2n) is 4.85. The normalized spacial score (nSPS) is 11.0. The van der Waals surface area contributed by atoms with Gasteiger partial charge in [-0.05, 0) is 25.0 Å². The van der Waals surface area contributed by atoms with E-state index in [2.05, 4.69) is 10.3 Å². The van der Waals surface area contributed by atoms with Crippen LogP contribution in [-0.4, -0.2) is 46.5 Å². The van der Waals surface area contributed by atoms with Gasteiger partial charge in [-0.2, -0.15) is 0 Å². The Morgan fingerprint density at radius 1 is 1.30 bits per heavy atom. The van der Waals surface area contributed by atoms with Crippen LogP contribution < -0.4 is 5.32 Å². The number of anilines is 1. The Morgan fingerprint density at radius 3 is 2.25 bits per heavy atom. The van der Waals surface area contributed by atoms with Crippen molar-refractivity contribution in [2.45, 2.75) is 32.2 Å². The Morgan fingerprint density at radius 2 is 1.90 bits per heavy atom. The molecule has 1 rings (SSSR count). The van der Waals surface area contributed by atoms with Crippen molar-refractivity contribution in [3.05, 3.63) is 23.9 Å². The molecule has 1 aromatic rings. The number of carbonyl (C=O) groups excluding carboxylic acids is 1. The second-order valence-corrected chi connectivity index (χ2v) is 4.85. The first-order valence-corrected chi connectivity index (χ1v) is 6.55. The molecule has 0 saturated carbocycles. The van der Waals surface area contributed by atoms with Gasteiger partial charge in [0.25, 0.3) is 5.91 Å². The van der Waals surface area contributed by atoms with Gasteiger partial charge in [-0.15, -0.1) is 0 Å². The predicted molar refractivity (Wildman–Crippen MR) is 76.8 cm³/mol.